The van der Waals surface area contributed by atoms with E-state index < -0.39 is 0 Å². The first kappa shape index (κ1) is 20.4. The molecule has 4 aromatic rings. The first-order chi connectivity index (χ1) is 14.6. The van der Waals surface area contributed by atoms with E-state index in [0.717, 1.165) is 4.88 Å². The summed E-state index contributed by atoms with van der Waals surface area (Å²) in [6.07, 6.45) is 1.57. The molecule has 0 saturated carbocycles. The average Bonchev–Trinajstić information content (AvgIpc) is 3.49. The van der Waals surface area contributed by atoms with E-state index in [4.69, 9.17) is 9.40 Å². The van der Waals surface area contributed by atoms with Crippen LogP contribution in [-0.4, -0.2) is 31.0 Å². The Labute approximate surface area is 180 Å². The lowest BCUT2D eigenvalue weighted by molar-refractivity contribution is -0.118. The molecule has 4 rings (SSSR count). The molecule has 156 valence electrons. The minimum Gasteiger partial charge on any atom is -0.467 e. The van der Waals surface area contributed by atoms with Gasteiger partial charge in [0.15, 0.2) is 10.7 Å². The molecule has 10 heteroatoms. The Morgan fingerprint density at radius 2 is 2.20 bits per heavy atom. The lowest BCUT2D eigenvalue weighted by atomic mass is 10.3. The van der Waals surface area contributed by atoms with Crippen molar-refractivity contribution in [2.45, 2.75) is 38.6 Å². The van der Waals surface area contributed by atoms with Gasteiger partial charge in [-0.3, -0.25) is 18.8 Å². The zero-order chi connectivity index (χ0) is 21.1. The molecule has 0 unspecified atom stereocenters. The van der Waals surface area contributed by atoms with Gasteiger partial charge in [0.25, 0.3) is 5.56 Å². The summed E-state index contributed by atoms with van der Waals surface area (Å²) in [6.45, 7) is 5.10. The van der Waals surface area contributed by atoms with Crippen molar-refractivity contribution in [2.24, 2.45) is 0 Å². The third-order valence-electron chi connectivity index (χ3n) is 4.55. The summed E-state index contributed by atoms with van der Waals surface area (Å²) in [5.74, 6) is 0.670. The molecule has 0 aromatic carbocycles. The number of nitrogens with one attached hydrogen (secondary N) is 1. The number of nitrogens with zero attached hydrogens (tertiary/aromatic N) is 4. The maximum absolute atomic E-state index is 13.3. The molecule has 8 nitrogen and oxygen atoms in total. The maximum atomic E-state index is 13.3. The predicted molar refractivity (Wildman–Crippen MR) is 117 cm³/mol. The third-order valence-corrected chi connectivity index (χ3v) is 6.39. The quantitative estimate of drug-likeness (QED) is 0.332. The van der Waals surface area contributed by atoms with Crippen LogP contribution in [0.15, 0.2) is 50.3 Å². The Hall–Kier alpha value is -2.85. The van der Waals surface area contributed by atoms with Crippen LogP contribution in [0, 0.1) is 6.92 Å². The fraction of sp³-hybridized carbons (Fsp3) is 0.300. The van der Waals surface area contributed by atoms with Crippen LogP contribution in [0.2, 0.25) is 0 Å². The van der Waals surface area contributed by atoms with Gasteiger partial charge in [-0.25, -0.2) is 4.98 Å². The van der Waals surface area contributed by atoms with Crippen molar-refractivity contribution >= 4 is 40.0 Å². The third kappa shape index (κ3) is 4.19. The van der Waals surface area contributed by atoms with E-state index in [1.165, 1.54) is 11.8 Å². The zero-order valence-corrected chi connectivity index (χ0v) is 18.3. The fourth-order valence-electron chi connectivity index (χ4n) is 3.11. The molecule has 0 spiro atoms. The van der Waals surface area contributed by atoms with E-state index in [2.05, 4.69) is 10.4 Å². The van der Waals surface area contributed by atoms with Gasteiger partial charge in [-0.05, 0) is 37.4 Å². The highest BCUT2D eigenvalue weighted by Crippen LogP contribution is 2.22. The monoisotopic (exact) mass is 443 g/mol. The Kier molecular flexibility index (Phi) is 6.05. The van der Waals surface area contributed by atoms with Crippen LogP contribution in [0.5, 0.6) is 0 Å². The van der Waals surface area contributed by atoms with E-state index in [9.17, 15) is 9.59 Å². The van der Waals surface area contributed by atoms with Gasteiger partial charge in [-0.15, -0.1) is 11.3 Å². The molecule has 0 aliphatic carbocycles. The Morgan fingerprint density at radius 1 is 1.33 bits per heavy atom. The SMILES string of the molecule is CCn1nc(C)c2nc(SCC(=O)NCc3ccco3)n(Cc3cccs3)c(=O)c21. The predicted octanol–water partition coefficient (Wildman–Crippen LogP) is 3.03. The number of fused-ring (bicyclic) bond motifs is 1. The number of furan rings is 1. The van der Waals surface area contributed by atoms with Crippen LogP contribution >= 0.6 is 23.1 Å². The fourth-order valence-corrected chi connectivity index (χ4v) is 4.62. The molecule has 0 aliphatic rings. The van der Waals surface area contributed by atoms with Gasteiger partial charge < -0.3 is 9.73 Å². The largest absolute Gasteiger partial charge is 0.467 e. The van der Waals surface area contributed by atoms with Crippen molar-refractivity contribution in [2.75, 3.05) is 5.75 Å². The van der Waals surface area contributed by atoms with Crippen molar-refractivity contribution in [1.29, 1.82) is 0 Å². The first-order valence-corrected chi connectivity index (χ1v) is 11.4. The second-order valence-electron chi connectivity index (χ2n) is 6.61. The van der Waals surface area contributed by atoms with Crippen LogP contribution in [0.3, 0.4) is 0 Å². The number of hydrogen-bond donors (Lipinski definition) is 1. The number of carbonyl (C=O) groups is 1. The molecular weight excluding hydrogens is 422 g/mol. The van der Waals surface area contributed by atoms with Crippen LogP contribution in [-0.2, 0) is 24.4 Å². The molecule has 4 heterocycles. The summed E-state index contributed by atoms with van der Waals surface area (Å²) in [6, 6.07) is 7.51. The van der Waals surface area contributed by atoms with Gasteiger partial charge in [-0.1, -0.05) is 17.8 Å². The molecule has 0 fully saturated rings. The number of thioether (sulfide) groups is 1. The molecule has 4 aromatic heterocycles. The molecule has 0 saturated heterocycles. The molecule has 1 N–H and O–H groups in total. The van der Waals surface area contributed by atoms with Gasteiger partial charge >= 0.3 is 0 Å². The Balaban J connectivity index is 1.62. The second kappa shape index (κ2) is 8.88. The molecule has 0 bridgehead atoms. The summed E-state index contributed by atoms with van der Waals surface area (Å²) in [5, 5.41) is 9.74. The summed E-state index contributed by atoms with van der Waals surface area (Å²) >= 11 is 2.82. The maximum Gasteiger partial charge on any atom is 0.280 e. The number of amides is 1. The second-order valence-corrected chi connectivity index (χ2v) is 8.58. The topological polar surface area (TPSA) is 94.9 Å². The zero-order valence-electron chi connectivity index (χ0n) is 16.6. The summed E-state index contributed by atoms with van der Waals surface area (Å²) in [4.78, 5) is 31.4. The Morgan fingerprint density at radius 3 is 2.90 bits per heavy atom. The van der Waals surface area contributed by atoms with Crippen molar-refractivity contribution in [3.05, 3.63) is 62.6 Å². The van der Waals surface area contributed by atoms with E-state index in [0.29, 0.717) is 47.3 Å². The molecular formula is C20H21N5O3S2. The molecule has 0 radical (unpaired) electrons. The summed E-state index contributed by atoms with van der Waals surface area (Å²) in [5.41, 5.74) is 1.65. The highest BCUT2D eigenvalue weighted by atomic mass is 32.2. The van der Waals surface area contributed by atoms with Gasteiger partial charge in [0.05, 0.1) is 30.8 Å². The lowest BCUT2D eigenvalue weighted by Gasteiger charge is -2.12. The van der Waals surface area contributed by atoms with Crippen LogP contribution < -0.4 is 10.9 Å². The average molecular weight is 444 g/mol. The lowest BCUT2D eigenvalue weighted by Crippen LogP contribution is -2.27. The van der Waals surface area contributed by atoms with Gasteiger partial charge in [0, 0.05) is 11.4 Å². The number of aromatic nitrogens is 4. The summed E-state index contributed by atoms with van der Waals surface area (Å²) in [7, 11) is 0. The molecule has 1 amide bonds. The van der Waals surface area contributed by atoms with E-state index in [1.54, 1.807) is 39.0 Å². The van der Waals surface area contributed by atoms with Gasteiger partial charge in [0.1, 0.15) is 11.3 Å². The summed E-state index contributed by atoms with van der Waals surface area (Å²) < 4.78 is 8.55. The van der Waals surface area contributed by atoms with Crippen molar-refractivity contribution < 1.29 is 9.21 Å². The van der Waals surface area contributed by atoms with E-state index in [-0.39, 0.29) is 17.2 Å². The smallest absolute Gasteiger partial charge is 0.280 e. The normalized spacial score (nSPS) is 11.3. The van der Waals surface area contributed by atoms with Crippen molar-refractivity contribution in [1.82, 2.24) is 24.6 Å². The minimum absolute atomic E-state index is 0.143. The van der Waals surface area contributed by atoms with Crippen molar-refractivity contribution in [3.8, 4) is 0 Å². The molecule has 0 atom stereocenters. The van der Waals surface area contributed by atoms with E-state index >= 15 is 0 Å². The first-order valence-electron chi connectivity index (χ1n) is 9.49. The van der Waals surface area contributed by atoms with Crippen LogP contribution in [0.1, 0.15) is 23.3 Å². The molecule has 30 heavy (non-hydrogen) atoms. The van der Waals surface area contributed by atoms with Crippen molar-refractivity contribution in [3.63, 3.8) is 0 Å². The number of aryl methyl sites for hydroxylation is 2. The van der Waals surface area contributed by atoms with Crippen LogP contribution in [0.25, 0.3) is 11.0 Å². The number of carbonyl (C=O) groups excluding carboxylic acids is 1. The van der Waals surface area contributed by atoms with Gasteiger partial charge in [0.2, 0.25) is 5.91 Å². The number of hydrogen-bond acceptors (Lipinski definition) is 7. The van der Waals surface area contributed by atoms with Crippen LogP contribution in [0.4, 0.5) is 0 Å². The van der Waals surface area contributed by atoms with E-state index in [1.807, 2.05) is 31.4 Å². The standard InChI is InChI=1S/C20H21N5O3S2/c1-3-25-18-17(13(2)23-25)22-20(24(19(18)27)11-15-7-5-9-29-15)30-12-16(26)21-10-14-6-4-8-28-14/h4-9H,3,10-12H2,1-2H3,(H,21,26). The van der Waals surface area contributed by atoms with Gasteiger partial charge in [-0.2, -0.15) is 5.10 Å². The highest BCUT2D eigenvalue weighted by Gasteiger charge is 2.19. The number of thiophene rings is 1. The molecule has 0 aliphatic heterocycles. The number of rotatable bonds is 8. The Bertz CT molecular complexity index is 1210. The highest BCUT2D eigenvalue weighted by molar-refractivity contribution is 7.99. The minimum atomic E-state index is -0.158.